The van der Waals surface area contributed by atoms with Gasteiger partial charge in [-0.05, 0) is 38.3 Å². The Balaban J connectivity index is 1.49. The van der Waals surface area contributed by atoms with Crippen LogP contribution in [0.2, 0.25) is 5.02 Å². The van der Waals surface area contributed by atoms with Crippen LogP contribution in [0.5, 0.6) is 5.75 Å². The summed E-state index contributed by atoms with van der Waals surface area (Å²) in [6.45, 7) is 0.419. The first kappa shape index (κ1) is 31.7. The van der Waals surface area contributed by atoms with Crippen LogP contribution in [0.1, 0.15) is 71.8 Å². The molecule has 2 heterocycles. The van der Waals surface area contributed by atoms with E-state index in [1.54, 1.807) is 6.20 Å². The summed E-state index contributed by atoms with van der Waals surface area (Å²) in [6, 6.07) is 1.87. The SMILES string of the molecule is Cc1c(F)c(F)c(S(=O)(=O)N2CC[C@@H]2C(=O)N(Cc2cnc(C3CCCCC3)cn2)c2ccc(C(=O)O)c(O)c2)c(F)c1Cl. The van der Waals surface area contributed by atoms with Gasteiger partial charge in [-0.1, -0.05) is 30.9 Å². The van der Waals surface area contributed by atoms with Crippen molar-refractivity contribution in [2.45, 2.75) is 68.8 Å². The normalized spacial score (nSPS) is 17.7. The number of aromatic carboxylic acids is 1. The summed E-state index contributed by atoms with van der Waals surface area (Å²) in [5.74, 6) is -7.94. The summed E-state index contributed by atoms with van der Waals surface area (Å²) < 4.78 is 71.5. The number of hydrogen-bond donors (Lipinski definition) is 2. The molecule has 1 aromatic heterocycles. The molecule has 0 unspecified atom stereocenters. The van der Waals surface area contributed by atoms with E-state index in [0.29, 0.717) is 10.00 Å². The molecule has 2 aliphatic rings. The van der Waals surface area contributed by atoms with Gasteiger partial charge < -0.3 is 15.1 Å². The van der Waals surface area contributed by atoms with E-state index >= 15 is 0 Å². The van der Waals surface area contributed by atoms with Crippen molar-refractivity contribution in [3.8, 4) is 5.75 Å². The van der Waals surface area contributed by atoms with Crippen molar-refractivity contribution in [1.29, 1.82) is 0 Å². The molecule has 2 fully saturated rings. The second-order valence-electron chi connectivity index (χ2n) is 10.8. The van der Waals surface area contributed by atoms with Gasteiger partial charge in [0, 0.05) is 36.0 Å². The van der Waals surface area contributed by atoms with Gasteiger partial charge in [0.25, 0.3) is 0 Å². The number of nitrogens with zero attached hydrogens (tertiary/aromatic N) is 4. The first-order valence-corrected chi connectivity index (χ1v) is 15.7. The van der Waals surface area contributed by atoms with Crippen LogP contribution in [0, 0.1) is 24.4 Å². The van der Waals surface area contributed by atoms with E-state index in [9.17, 15) is 41.4 Å². The Kier molecular flexibility index (Phi) is 8.87. The van der Waals surface area contributed by atoms with Gasteiger partial charge in [-0.25, -0.2) is 26.4 Å². The Labute approximate surface area is 256 Å². The van der Waals surface area contributed by atoms with Crippen LogP contribution in [-0.4, -0.2) is 57.4 Å². The van der Waals surface area contributed by atoms with Gasteiger partial charge in [0.1, 0.15) is 17.4 Å². The van der Waals surface area contributed by atoms with Crippen molar-refractivity contribution < 1.29 is 41.4 Å². The molecule has 0 spiro atoms. The number of carboxylic acid groups (broad SMARTS) is 1. The zero-order valence-corrected chi connectivity index (χ0v) is 25.0. The Morgan fingerprint density at radius 1 is 1.05 bits per heavy atom. The minimum Gasteiger partial charge on any atom is -0.507 e. The molecule has 3 aromatic rings. The smallest absolute Gasteiger partial charge is 0.339 e. The fraction of sp³-hybridized carbons (Fsp3) is 0.379. The third-order valence-electron chi connectivity index (χ3n) is 8.12. The fourth-order valence-corrected chi connectivity index (χ4v) is 7.51. The molecule has 1 amide bonds. The first-order chi connectivity index (χ1) is 20.8. The number of carboxylic acids is 1. The molecule has 0 radical (unpaired) electrons. The number of halogens is 4. The Morgan fingerprint density at radius 3 is 2.32 bits per heavy atom. The molecule has 10 nitrogen and oxygen atoms in total. The van der Waals surface area contributed by atoms with E-state index in [2.05, 4.69) is 9.97 Å². The fourth-order valence-electron chi connectivity index (χ4n) is 5.53. The van der Waals surface area contributed by atoms with Gasteiger partial charge in [-0.2, -0.15) is 4.31 Å². The van der Waals surface area contributed by atoms with E-state index in [4.69, 9.17) is 11.6 Å². The van der Waals surface area contributed by atoms with Crippen molar-refractivity contribution in [2.24, 2.45) is 0 Å². The summed E-state index contributed by atoms with van der Waals surface area (Å²) in [5, 5.41) is 18.7. The Morgan fingerprint density at radius 2 is 1.75 bits per heavy atom. The minimum absolute atomic E-state index is 0.00157. The maximum Gasteiger partial charge on any atom is 0.339 e. The van der Waals surface area contributed by atoms with Crippen molar-refractivity contribution >= 4 is 39.2 Å². The molecule has 2 N–H and O–H groups in total. The largest absolute Gasteiger partial charge is 0.507 e. The van der Waals surface area contributed by atoms with Crippen molar-refractivity contribution in [2.75, 3.05) is 11.4 Å². The molecule has 1 saturated heterocycles. The van der Waals surface area contributed by atoms with Gasteiger partial charge in [-0.3, -0.25) is 14.8 Å². The van der Waals surface area contributed by atoms with Gasteiger partial charge in [-0.15, -0.1) is 0 Å². The zero-order valence-electron chi connectivity index (χ0n) is 23.4. The first-order valence-electron chi connectivity index (χ1n) is 13.9. The predicted octanol–water partition coefficient (Wildman–Crippen LogP) is 5.30. The standard InChI is InChI=1S/C29H28ClF3N4O6S/c1-15-23(30)25(32)27(26(33)24(15)31)44(42,43)37-10-9-21(37)28(39)36(18-7-8-19(29(40)41)22(38)11-18)14-17-12-35-20(13-34-17)16-5-3-2-4-6-16/h7-8,11-13,16,21,38H,2-6,9-10,14H2,1H3,(H,40,41)/t21-/m1/s1. The maximum atomic E-state index is 14.9. The van der Waals surface area contributed by atoms with E-state index in [-0.39, 0.29) is 31.1 Å². The molecule has 2 aromatic carbocycles. The molecule has 234 valence electrons. The molecular weight excluding hydrogens is 625 g/mol. The zero-order chi connectivity index (χ0) is 31.9. The van der Waals surface area contributed by atoms with Gasteiger partial charge >= 0.3 is 5.97 Å². The van der Waals surface area contributed by atoms with E-state index in [1.165, 1.54) is 12.3 Å². The average Bonchev–Trinajstić information content (AvgIpc) is 2.97. The summed E-state index contributed by atoms with van der Waals surface area (Å²) in [7, 11) is -5.10. The van der Waals surface area contributed by atoms with Crippen molar-refractivity contribution in [1.82, 2.24) is 14.3 Å². The quantitative estimate of drug-likeness (QED) is 0.312. The number of rotatable bonds is 8. The highest BCUT2D eigenvalue weighted by atomic mass is 35.5. The predicted molar refractivity (Wildman–Crippen MR) is 152 cm³/mol. The maximum absolute atomic E-state index is 14.9. The number of amides is 1. The van der Waals surface area contributed by atoms with E-state index in [0.717, 1.165) is 61.8 Å². The van der Waals surface area contributed by atoms with Crippen LogP contribution < -0.4 is 4.90 Å². The topological polar surface area (TPSA) is 141 Å². The molecule has 5 rings (SSSR count). The summed E-state index contributed by atoms with van der Waals surface area (Å²) >= 11 is 5.74. The number of carbonyl (C=O) groups is 2. The van der Waals surface area contributed by atoms with Crippen LogP contribution in [0.25, 0.3) is 0 Å². The number of sulfonamides is 1. The second kappa shape index (κ2) is 12.3. The van der Waals surface area contributed by atoms with Crippen LogP contribution in [-0.2, 0) is 21.4 Å². The number of carbonyl (C=O) groups excluding carboxylic acids is 1. The van der Waals surface area contributed by atoms with E-state index < -0.39 is 72.2 Å². The number of hydrogen-bond acceptors (Lipinski definition) is 7. The third-order valence-corrected chi connectivity index (χ3v) is 10.5. The Hall–Kier alpha value is -3.75. The number of aromatic nitrogens is 2. The number of anilines is 1. The molecule has 15 heteroatoms. The molecular formula is C29H28ClF3N4O6S. The van der Waals surface area contributed by atoms with Gasteiger partial charge in [0.05, 0.1) is 29.2 Å². The van der Waals surface area contributed by atoms with Crippen LogP contribution >= 0.6 is 11.6 Å². The highest BCUT2D eigenvalue weighted by molar-refractivity contribution is 7.89. The molecule has 1 atom stereocenters. The van der Waals surface area contributed by atoms with Crippen LogP contribution in [0.4, 0.5) is 18.9 Å². The molecule has 44 heavy (non-hydrogen) atoms. The Bertz CT molecular complexity index is 1710. The van der Waals surface area contributed by atoms with Gasteiger partial charge in [0.15, 0.2) is 22.3 Å². The number of aromatic hydroxyl groups is 1. The monoisotopic (exact) mass is 652 g/mol. The number of phenols is 1. The lowest BCUT2D eigenvalue weighted by atomic mass is 9.87. The summed E-state index contributed by atoms with van der Waals surface area (Å²) in [6.07, 6.45) is 8.34. The van der Waals surface area contributed by atoms with Crippen molar-refractivity contribution in [3.63, 3.8) is 0 Å². The molecule has 0 bridgehead atoms. The summed E-state index contributed by atoms with van der Waals surface area (Å²) in [4.78, 5) is 33.8. The molecule has 1 saturated carbocycles. The molecule has 1 aliphatic heterocycles. The lowest BCUT2D eigenvalue weighted by Crippen LogP contribution is -2.59. The lowest BCUT2D eigenvalue weighted by molar-refractivity contribution is -0.125. The second-order valence-corrected chi connectivity index (χ2v) is 13.0. The highest BCUT2D eigenvalue weighted by Crippen LogP contribution is 2.37. The van der Waals surface area contributed by atoms with E-state index in [1.807, 2.05) is 0 Å². The van der Waals surface area contributed by atoms with Crippen LogP contribution in [0.15, 0.2) is 35.5 Å². The number of benzene rings is 2. The summed E-state index contributed by atoms with van der Waals surface area (Å²) in [5.41, 5.74) is 0.0665. The third kappa shape index (κ3) is 5.73. The minimum atomic E-state index is -5.10. The highest BCUT2D eigenvalue weighted by Gasteiger charge is 2.47. The van der Waals surface area contributed by atoms with Crippen LogP contribution in [0.3, 0.4) is 0 Å². The lowest BCUT2D eigenvalue weighted by Gasteiger charge is -2.41. The molecule has 1 aliphatic carbocycles. The average molecular weight is 653 g/mol. The van der Waals surface area contributed by atoms with Gasteiger partial charge in [0.2, 0.25) is 15.9 Å². The van der Waals surface area contributed by atoms with Crippen molar-refractivity contribution in [3.05, 3.63) is 75.6 Å².